The Morgan fingerprint density at radius 2 is 1.58 bits per heavy atom. The number of carboxylic acids is 1. The maximum absolute atomic E-state index is 11.5. The monoisotopic (exact) mass is 255 g/mol. The van der Waals surface area contributed by atoms with Gasteiger partial charge < -0.3 is 10.4 Å². The van der Waals surface area contributed by atoms with Crippen LogP contribution in [0.3, 0.4) is 0 Å². The molecule has 0 fully saturated rings. The van der Waals surface area contributed by atoms with Crippen LogP contribution in [-0.2, 0) is 4.79 Å². The number of hydrogen-bond acceptors (Lipinski definition) is 2. The van der Waals surface area contributed by atoms with Gasteiger partial charge in [0.1, 0.15) is 0 Å². The minimum Gasteiger partial charge on any atom is -0.479 e. The summed E-state index contributed by atoms with van der Waals surface area (Å²) in [7, 11) is 0. The zero-order valence-electron chi connectivity index (χ0n) is 11.1. The summed E-state index contributed by atoms with van der Waals surface area (Å²) in [6.07, 6.45) is 0. The van der Waals surface area contributed by atoms with Crippen LogP contribution < -0.4 is 5.32 Å². The first-order valence-electron chi connectivity index (χ1n) is 6.20. The number of carboxylic acid groups (broad SMARTS) is 1. The number of para-hydroxylation sites is 1. The predicted octanol–water partition coefficient (Wildman–Crippen LogP) is 3.54. The van der Waals surface area contributed by atoms with Crippen molar-refractivity contribution in [2.75, 3.05) is 5.32 Å². The average Bonchev–Trinajstić information content (AvgIpc) is 2.39. The van der Waals surface area contributed by atoms with E-state index in [1.54, 1.807) is 0 Å². The van der Waals surface area contributed by atoms with Gasteiger partial charge >= 0.3 is 5.97 Å². The predicted molar refractivity (Wildman–Crippen MR) is 76.4 cm³/mol. The summed E-state index contributed by atoms with van der Waals surface area (Å²) in [6, 6.07) is 14.4. The minimum absolute atomic E-state index is 0.735. The number of nitrogens with one attached hydrogen (secondary N) is 1. The third-order valence-electron chi connectivity index (χ3n) is 3.15. The van der Waals surface area contributed by atoms with Gasteiger partial charge in [0.15, 0.2) is 6.04 Å². The van der Waals surface area contributed by atoms with Gasteiger partial charge in [-0.1, -0.05) is 48.5 Å². The highest BCUT2D eigenvalue weighted by molar-refractivity contribution is 5.80. The number of benzene rings is 2. The van der Waals surface area contributed by atoms with Crippen molar-refractivity contribution in [1.29, 1.82) is 0 Å². The Balaban J connectivity index is 2.35. The zero-order valence-corrected chi connectivity index (χ0v) is 11.1. The third-order valence-corrected chi connectivity index (χ3v) is 3.15. The lowest BCUT2D eigenvalue weighted by Crippen LogP contribution is -2.21. The van der Waals surface area contributed by atoms with Gasteiger partial charge in [-0.05, 0) is 30.5 Å². The van der Waals surface area contributed by atoms with E-state index >= 15 is 0 Å². The topological polar surface area (TPSA) is 49.3 Å². The van der Waals surface area contributed by atoms with Crippen molar-refractivity contribution in [3.8, 4) is 0 Å². The Labute approximate surface area is 112 Å². The fourth-order valence-corrected chi connectivity index (χ4v) is 2.12. The highest BCUT2D eigenvalue weighted by Crippen LogP contribution is 2.25. The van der Waals surface area contributed by atoms with Crippen LogP contribution in [0.2, 0.25) is 0 Å². The molecule has 0 radical (unpaired) electrons. The second-order valence-electron chi connectivity index (χ2n) is 4.59. The Morgan fingerprint density at radius 1 is 1.00 bits per heavy atom. The Bertz CT molecular complexity index is 558. The van der Waals surface area contributed by atoms with Gasteiger partial charge in [0.05, 0.1) is 0 Å². The summed E-state index contributed by atoms with van der Waals surface area (Å²) < 4.78 is 0. The smallest absolute Gasteiger partial charge is 0.330 e. The van der Waals surface area contributed by atoms with E-state index in [1.807, 2.05) is 62.4 Å². The van der Waals surface area contributed by atoms with Gasteiger partial charge in [0, 0.05) is 5.69 Å². The van der Waals surface area contributed by atoms with Gasteiger partial charge in [-0.3, -0.25) is 0 Å². The average molecular weight is 255 g/mol. The van der Waals surface area contributed by atoms with Crippen molar-refractivity contribution in [3.63, 3.8) is 0 Å². The van der Waals surface area contributed by atoms with Crippen molar-refractivity contribution >= 4 is 11.7 Å². The highest BCUT2D eigenvalue weighted by atomic mass is 16.4. The van der Waals surface area contributed by atoms with Gasteiger partial charge in [0.2, 0.25) is 0 Å². The number of hydrogen-bond donors (Lipinski definition) is 2. The molecule has 1 unspecified atom stereocenters. The second-order valence-corrected chi connectivity index (χ2v) is 4.59. The molecule has 0 spiro atoms. The summed E-state index contributed by atoms with van der Waals surface area (Å²) in [6.45, 7) is 3.94. The molecule has 0 bridgehead atoms. The van der Waals surface area contributed by atoms with Crippen LogP contribution in [0.4, 0.5) is 5.69 Å². The molecule has 19 heavy (non-hydrogen) atoms. The second kappa shape index (κ2) is 5.57. The zero-order chi connectivity index (χ0) is 13.8. The SMILES string of the molecule is Cc1cccc(C)c1NC(C(=O)O)c1ccccc1. The van der Waals surface area contributed by atoms with Crippen molar-refractivity contribution in [2.24, 2.45) is 0 Å². The van der Waals surface area contributed by atoms with Crippen LogP contribution in [-0.4, -0.2) is 11.1 Å². The first kappa shape index (κ1) is 13.1. The summed E-state index contributed by atoms with van der Waals surface area (Å²) in [5.74, 6) is -0.881. The summed E-state index contributed by atoms with van der Waals surface area (Å²) in [5.41, 5.74) is 3.72. The number of carbonyl (C=O) groups is 1. The Morgan fingerprint density at radius 3 is 2.11 bits per heavy atom. The van der Waals surface area contributed by atoms with Crippen LogP contribution in [0, 0.1) is 13.8 Å². The molecule has 2 aromatic carbocycles. The molecular formula is C16H17NO2. The third kappa shape index (κ3) is 2.94. The maximum atomic E-state index is 11.5. The molecule has 0 aliphatic heterocycles. The fourth-order valence-electron chi connectivity index (χ4n) is 2.12. The minimum atomic E-state index is -0.881. The van der Waals surface area contributed by atoms with E-state index in [9.17, 15) is 9.90 Å². The van der Waals surface area contributed by atoms with Crippen LogP contribution in [0.25, 0.3) is 0 Å². The van der Waals surface area contributed by atoms with Crippen LogP contribution >= 0.6 is 0 Å². The lowest BCUT2D eigenvalue weighted by Gasteiger charge is -2.19. The van der Waals surface area contributed by atoms with E-state index in [1.165, 1.54) is 0 Å². The fraction of sp³-hybridized carbons (Fsp3) is 0.188. The number of aryl methyl sites for hydroxylation is 2. The molecule has 0 amide bonds. The van der Waals surface area contributed by atoms with Gasteiger partial charge in [-0.2, -0.15) is 0 Å². The van der Waals surface area contributed by atoms with Crippen molar-refractivity contribution in [2.45, 2.75) is 19.9 Å². The molecule has 1 atom stereocenters. The van der Waals surface area contributed by atoms with E-state index in [0.29, 0.717) is 0 Å². The molecule has 3 heteroatoms. The molecular weight excluding hydrogens is 238 g/mol. The van der Waals surface area contributed by atoms with Crippen molar-refractivity contribution < 1.29 is 9.90 Å². The largest absolute Gasteiger partial charge is 0.479 e. The molecule has 2 N–H and O–H groups in total. The van der Waals surface area contributed by atoms with Crippen LogP contribution in [0.15, 0.2) is 48.5 Å². The lowest BCUT2D eigenvalue weighted by atomic mass is 10.0. The van der Waals surface area contributed by atoms with E-state index in [-0.39, 0.29) is 0 Å². The molecule has 0 aromatic heterocycles. The van der Waals surface area contributed by atoms with Crippen molar-refractivity contribution in [1.82, 2.24) is 0 Å². The van der Waals surface area contributed by atoms with E-state index < -0.39 is 12.0 Å². The summed E-state index contributed by atoms with van der Waals surface area (Å²) in [4.78, 5) is 11.5. The van der Waals surface area contributed by atoms with E-state index in [2.05, 4.69) is 5.32 Å². The first-order chi connectivity index (χ1) is 9.09. The number of aliphatic carboxylic acids is 1. The molecule has 0 heterocycles. The summed E-state index contributed by atoms with van der Waals surface area (Å²) >= 11 is 0. The standard InChI is InChI=1S/C16H17NO2/c1-11-7-6-8-12(2)14(11)17-15(16(18)19)13-9-4-3-5-10-13/h3-10,15,17H,1-2H3,(H,18,19). The maximum Gasteiger partial charge on any atom is 0.330 e. The molecule has 2 rings (SSSR count). The van der Waals surface area contributed by atoms with Crippen molar-refractivity contribution in [3.05, 3.63) is 65.2 Å². The molecule has 2 aromatic rings. The van der Waals surface area contributed by atoms with E-state index in [4.69, 9.17) is 0 Å². The first-order valence-corrected chi connectivity index (χ1v) is 6.20. The lowest BCUT2D eigenvalue weighted by molar-refractivity contribution is -0.138. The number of rotatable bonds is 4. The summed E-state index contributed by atoms with van der Waals surface area (Å²) in [5, 5.41) is 12.5. The molecule has 0 saturated carbocycles. The Hall–Kier alpha value is -2.29. The molecule has 0 aliphatic rings. The molecule has 0 aliphatic carbocycles. The Kier molecular flexibility index (Phi) is 3.85. The molecule has 98 valence electrons. The highest BCUT2D eigenvalue weighted by Gasteiger charge is 2.20. The van der Waals surface area contributed by atoms with E-state index in [0.717, 1.165) is 22.4 Å². The van der Waals surface area contributed by atoms with Gasteiger partial charge in [-0.25, -0.2) is 4.79 Å². The van der Waals surface area contributed by atoms with Gasteiger partial charge in [-0.15, -0.1) is 0 Å². The quantitative estimate of drug-likeness (QED) is 0.878. The van der Waals surface area contributed by atoms with Crippen LogP contribution in [0.1, 0.15) is 22.7 Å². The molecule has 0 saturated heterocycles. The molecule has 3 nitrogen and oxygen atoms in total. The number of anilines is 1. The van der Waals surface area contributed by atoms with Crippen LogP contribution in [0.5, 0.6) is 0 Å². The normalized spacial score (nSPS) is 11.9. The van der Waals surface area contributed by atoms with Gasteiger partial charge in [0.25, 0.3) is 0 Å².